The molecule has 0 aromatic heterocycles. The highest BCUT2D eigenvalue weighted by atomic mass is 35.5. The molecule has 2 aliphatic heterocycles. The van der Waals surface area contributed by atoms with Crippen LogP contribution in [-0.2, 0) is 15.6 Å². The van der Waals surface area contributed by atoms with Crippen LogP contribution in [0.15, 0.2) is 94.7 Å². The van der Waals surface area contributed by atoms with E-state index in [1.54, 1.807) is 7.11 Å². The van der Waals surface area contributed by atoms with Gasteiger partial charge >= 0.3 is 0 Å². The van der Waals surface area contributed by atoms with E-state index in [0.29, 0.717) is 6.61 Å². The van der Waals surface area contributed by atoms with Gasteiger partial charge in [0.05, 0.1) is 12.0 Å². The molecule has 0 amide bonds. The zero-order valence-corrected chi connectivity index (χ0v) is 25.8. The molecule has 0 fully saturated rings. The Labute approximate surface area is 246 Å². The third kappa shape index (κ3) is 5.03. The summed E-state index contributed by atoms with van der Waals surface area (Å²) in [6.45, 7) is 14.1. The van der Waals surface area contributed by atoms with E-state index in [0.717, 1.165) is 43.8 Å². The summed E-state index contributed by atoms with van der Waals surface area (Å²) in [5, 5.41) is 0.909. The van der Waals surface area contributed by atoms with Gasteiger partial charge in [-0.25, -0.2) is 0 Å². The number of hydrogen-bond acceptors (Lipinski definition) is 2. The van der Waals surface area contributed by atoms with E-state index in [4.69, 9.17) is 16.3 Å². The predicted octanol–water partition coefficient (Wildman–Crippen LogP) is 8.96. The number of hydrogen-bond donors (Lipinski definition) is 0. The average Bonchev–Trinajstić information content (AvgIpc) is 3.29. The minimum atomic E-state index is -0.0859. The maximum absolute atomic E-state index is 7.13. The van der Waals surface area contributed by atoms with Gasteiger partial charge in [-0.3, -0.25) is 0 Å². The van der Waals surface area contributed by atoms with Gasteiger partial charge in [0.25, 0.3) is 0 Å². The number of fused-ring (bicyclic) bond motifs is 2. The Morgan fingerprint density at radius 1 is 0.925 bits per heavy atom. The van der Waals surface area contributed by atoms with Crippen LogP contribution >= 0.6 is 11.6 Å². The third-order valence-electron chi connectivity index (χ3n) is 8.91. The first kappa shape index (κ1) is 28.6. The molecule has 2 heterocycles. The van der Waals surface area contributed by atoms with Gasteiger partial charge in [-0.2, -0.15) is 4.58 Å². The van der Waals surface area contributed by atoms with E-state index in [1.807, 2.05) is 0 Å². The van der Waals surface area contributed by atoms with Crippen molar-refractivity contribution >= 4 is 28.7 Å². The quantitative estimate of drug-likeness (QED) is 0.302. The number of halogens is 1. The summed E-state index contributed by atoms with van der Waals surface area (Å²) in [5.41, 5.74) is 10.3. The summed E-state index contributed by atoms with van der Waals surface area (Å²) in [7, 11) is 1.77. The summed E-state index contributed by atoms with van der Waals surface area (Å²) in [6.07, 6.45) is 13.4. The Balaban J connectivity index is 1.48. The predicted molar refractivity (Wildman–Crippen MR) is 170 cm³/mol. The van der Waals surface area contributed by atoms with Crippen molar-refractivity contribution in [1.82, 2.24) is 0 Å². The van der Waals surface area contributed by atoms with Crippen molar-refractivity contribution in [2.75, 3.05) is 31.7 Å². The van der Waals surface area contributed by atoms with E-state index in [1.165, 1.54) is 45.1 Å². The van der Waals surface area contributed by atoms with Gasteiger partial charge in [-0.15, -0.1) is 0 Å². The molecular formula is C36H44ClN2O+. The van der Waals surface area contributed by atoms with Crippen LogP contribution in [0, 0.1) is 0 Å². The molecule has 3 nitrogen and oxygen atoms in total. The van der Waals surface area contributed by atoms with Crippen molar-refractivity contribution in [3.05, 3.63) is 106 Å². The lowest BCUT2D eigenvalue weighted by atomic mass is 9.81. The molecule has 2 aromatic carbocycles. The van der Waals surface area contributed by atoms with Crippen molar-refractivity contribution < 1.29 is 9.31 Å². The van der Waals surface area contributed by atoms with Crippen LogP contribution in [0.25, 0.3) is 0 Å². The lowest BCUT2D eigenvalue weighted by Crippen LogP contribution is -2.28. The fraction of sp³-hybridized carbons (Fsp3) is 0.417. The Morgan fingerprint density at radius 3 is 2.40 bits per heavy atom. The smallest absolute Gasteiger partial charge is 0.209 e. The molecule has 2 aromatic rings. The molecule has 4 heteroatoms. The maximum atomic E-state index is 7.13. The van der Waals surface area contributed by atoms with Crippen LogP contribution in [0.4, 0.5) is 11.4 Å². The molecule has 210 valence electrons. The first-order chi connectivity index (χ1) is 19.2. The number of allylic oxidation sites excluding steroid dienone is 8. The largest absolute Gasteiger partial charge is 0.383 e. The third-order valence-corrected chi connectivity index (χ3v) is 9.39. The van der Waals surface area contributed by atoms with Crippen molar-refractivity contribution in [1.29, 1.82) is 0 Å². The molecule has 5 rings (SSSR count). The summed E-state index contributed by atoms with van der Waals surface area (Å²) >= 11 is 7.13. The van der Waals surface area contributed by atoms with Gasteiger partial charge in [0.1, 0.15) is 6.54 Å². The van der Waals surface area contributed by atoms with E-state index in [2.05, 4.69) is 117 Å². The second-order valence-corrected chi connectivity index (χ2v) is 12.6. The van der Waals surface area contributed by atoms with Gasteiger partial charge in [0.15, 0.2) is 5.71 Å². The monoisotopic (exact) mass is 555 g/mol. The minimum absolute atomic E-state index is 0.0399. The van der Waals surface area contributed by atoms with Gasteiger partial charge in [0, 0.05) is 59.6 Å². The fourth-order valence-corrected chi connectivity index (χ4v) is 7.05. The first-order valence-corrected chi connectivity index (χ1v) is 15.2. The van der Waals surface area contributed by atoms with Crippen molar-refractivity contribution in [2.24, 2.45) is 0 Å². The fourth-order valence-electron chi connectivity index (χ4n) is 6.74. The zero-order chi connectivity index (χ0) is 28.5. The second-order valence-electron chi connectivity index (χ2n) is 12.2. The molecule has 3 aliphatic rings. The molecule has 0 atom stereocenters. The van der Waals surface area contributed by atoms with Gasteiger partial charge < -0.3 is 9.64 Å². The molecule has 0 N–H and O–H groups in total. The molecule has 0 saturated carbocycles. The van der Waals surface area contributed by atoms with Crippen molar-refractivity contribution in [3.8, 4) is 0 Å². The highest BCUT2D eigenvalue weighted by Gasteiger charge is 2.44. The number of methoxy groups -OCH3 is 1. The average molecular weight is 556 g/mol. The molecule has 0 bridgehead atoms. The lowest BCUT2D eigenvalue weighted by Gasteiger charge is -2.27. The number of para-hydroxylation sites is 2. The number of anilines is 1. The standard InChI is InChI=1S/C36H44ClN2O/c1-7-23-38-30-17-10-8-15-28(30)35(2,3)32(38)21-19-26-13-12-14-27(34(26)37)20-22-33-36(4,5)29-16-9-11-18-31(29)39(33)24-25-40-6/h8-11,15-22H,7,12-14,23-25H2,1-6H3/q+1. The molecule has 0 unspecified atom stereocenters. The Kier molecular flexibility index (Phi) is 8.27. The first-order valence-electron chi connectivity index (χ1n) is 14.8. The summed E-state index contributed by atoms with van der Waals surface area (Å²) in [4.78, 5) is 2.41. The van der Waals surface area contributed by atoms with Crippen LogP contribution in [0.1, 0.15) is 71.4 Å². The minimum Gasteiger partial charge on any atom is -0.383 e. The molecular weight excluding hydrogens is 512 g/mol. The highest BCUT2D eigenvalue weighted by Crippen LogP contribution is 2.48. The molecule has 0 saturated heterocycles. The number of ether oxygens (including phenoxy) is 1. The molecule has 1 aliphatic carbocycles. The Hall–Kier alpha value is -2.88. The van der Waals surface area contributed by atoms with E-state index in [9.17, 15) is 0 Å². The Morgan fingerprint density at radius 2 is 1.65 bits per heavy atom. The second kappa shape index (κ2) is 11.5. The van der Waals surface area contributed by atoms with E-state index >= 15 is 0 Å². The summed E-state index contributed by atoms with van der Waals surface area (Å²) in [6, 6.07) is 17.6. The summed E-state index contributed by atoms with van der Waals surface area (Å²) in [5.74, 6) is 0. The summed E-state index contributed by atoms with van der Waals surface area (Å²) < 4.78 is 7.96. The SMILES string of the molecule is CCC[N+]1=C(C=CC2=C(Cl)C(=CC=C3N(CCOC)c4ccccc4C3(C)C)CCC2)C(C)(C)c2ccccc21. The molecule has 0 spiro atoms. The highest BCUT2D eigenvalue weighted by molar-refractivity contribution is 6.32. The van der Waals surface area contributed by atoms with Gasteiger partial charge in [-0.1, -0.05) is 80.9 Å². The van der Waals surface area contributed by atoms with Crippen LogP contribution in [-0.4, -0.2) is 37.1 Å². The van der Waals surface area contributed by atoms with Gasteiger partial charge in [0.2, 0.25) is 5.69 Å². The zero-order valence-electron chi connectivity index (χ0n) is 25.1. The number of benzene rings is 2. The molecule has 0 radical (unpaired) electrons. The van der Waals surface area contributed by atoms with Crippen LogP contribution < -0.4 is 4.90 Å². The Bertz CT molecular complexity index is 1440. The van der Waals surface area contributed by atoms with Crippen LogP contribution in [0.2, 0.25) is 0 Å². The van der Waals surface area contributed by atoms with Crippen molar-refractivity contribution in [2.45, 2.75) is 71.1 Å². The normalized spacial score (nSPS) is 21.7. The van der Waals surface area contributed by atoms with E-state index in [-0.39, 0.29) is 10.8 Å². The number of nitrogens with zero attached hydrogens (tertiary/aromatic N) is 2. The molecule has 40 heavy (non-hydrogen) atoms. The van der Waals surface area contributed by atoms with Gasteiger partial charge in [-0.05, 0) is 62.0 Å². The maximum Gasteiger partial charge on any atom is 0.209 e. The number of rotatable bonds is 8. The van der Waals surface area contributed by atoms with Crippen LogP contribution in [0.3, 0.4) is 0 Å². The van der Waals surface area contributed by atoms with Crippen LogP contribution in [0.5, 0.6) is 0 Å². The van der Waals surface area contributed by atoms with Crippen molar-refractivity contribution in [3.63, 3.8) is 0 Å². The lowest BCUT2D eigenvalue weighted by molar-refractivity contribution is -0.437. The van der Waals surface area contributed by atoms with E-state index < -0.39 is 0 Å². The topological polar surface area (TPSA) is 15.5 Å².